The van der Waals surface area contributed by atoms with Gasteiger partial charge < -0.3 is 15.0 Å². The van der Waals surface area contributed by atoms with Crippen LogP contribution in [-0.4, -0.2) is 64.1 Å². The number of hydrogen-bond acceptors (Lipinski definition) is 5. The van der Waals surface area contributed by atoms with E-state index in [-0.39, 0.29) is 24.5 Å². The molecular formula is C21H29N5O3. The summed E-state index contributed by atoms with van der Waals surface area (Å²) in [6.45, 7) is 3.08. The van der Waals surface area contributed by atoms with E-state index in [0.29, 0.717) is 18.9 Å². The van der Waals surface area contributed by atoms with Crippen molar-refractivity contribution < 1.29 is 14.3 Å². The van der Waals surface area contributed by atoms with E-state index in [1.54, 1.807) is 0 Å². The zero-order valence-corrected chi connectivity index (χ0v) is 16.8. The first-order chi connectivity index (χ1) is 14.2. The van der Waals surface area contributed by atoms with Gasteiger partial charge in [0.05, 0.1) is 6.10 Å². The monoisotopic (exact) mass is 399 g/mol. The number of benzene rings is 1. The molecule has 8 heteroatoms. The van der Waals surface area contributed by atoms with Crippen LogP contribution in [0.5, 0.6) is 0 Å². The highest BCUT2D eigenvalue weighted by molar-refractivity contribution is 5.77. The normalized spacial score (nSPS) is 20.3. The van der Waals surface area contributed by atoms with E-state index >= 15 is 0 Å². The predicted octanol–water partition coefficient (Wildman–Crippen LogP) is 1.75. The molecule has 29 heavy (non-hydrogen) atoms. The molecule has 3 heterocycles. The number of amides is 2. The SMILES string of the molecule is O=C(CCC1CCN(C(=O)Cn2nc3ccccc3n2)CC1)NC[C@H]1CCCO1. The lowest BCUT2D eigenvalue weighted by Crippen LogP contribution is -2.40. The van der Waals surface area contributed by atoms with E-state index in [4.69, 9.17) is 4.74 Å². The quantitative estimate of drug-likeness (QED) is 0.766. The highest BCUT2D eigenvalue weighted by Crippen LogP contribution is 2.22. The first-order valence-electron chi connectivity index (χ1n) is 10.6. The molecule has 0 saturated carbocycles. The lowest BCUT2D eigenvalue weighted by molar-refractivity contribution is -0.134. The fraction of sp³-hybridized carbons (Fsp3) is 0.619. The van der Waals surface area contributed by atoms with Gasteiger partial charge in [0.25, 0.3) is 0 Å². The Hall–Kier alpha value is -2.48. The number of hydrogen-bond donors (Lipinski definition) is 1. The maximum absolute atomic E-state index is 12.6. The molecule has 2 saturated heterocycles. The molecule has 8 nitrogen and oxygen atoms in total. The van der Waals surface area contributed by atoms with E-state index in [1.165, 1.54) is 4.80 Å². The number of likely N-dealkylation sites (tertiary alicyclic amines) is 1. The fourth-order valence-electron chi connectivity index (χ4n) is 4.12. The summed E-state index contributed by atoms with van der Waals surface area (Å²) >= 11 is 0. The summed E-state index contributed by atoms with van der Waals surface area (Å²) in [5.41, 5.74) is 1.61. The number of nitrogens with zero attached hydrogens (tertiary/aromatic N) is 4. The van der Waals surface area contributed by atoms with Gasteiger partial charge in [-0.2, -0.15) is 15.0 Å². The first kappa shape index (κ1) is 19.8. The number of carbonyl (C=O) groups excluding carboxylic acids is 2. The molecule has 1 aromatic heterocycles. The molecule has 156 valence electrons. The third-order valence-corrected chi connectivity index (χ3v) is 5.90. The van der Waals surface area contributed by atoms with Crippen LogP contribution in [-0.2, 0) is 20.9 Å². The van der Waals surface area contributed by atoms with Gasteiger partial charge in [-0.05, 0) is 50.2 Å². The van der Waals surface area contributed by atoms with Gasteiger partial charge in [0.1, 0.15) is 17.6 Å². The largest absolute Gasteiger partial charge is 0.376 e. The van der Waals surface area contributed by atoms with Crippen LogP contribution >= 0.6 is 0 Å². The van der Waals surface area contributed by atoms with Crippen molar-refractivity contribution in [3.05, 3.63) is 24.3 Å². The van der Waals surface area contributed by atoms with Crippen LogP contribution in [0.3, 0.4) is 0 Å². The predicted molar refractivity (Wildman–Crippen MR) is 108 cm³/mol. The third-order valence-electron chi connectivity index (χ3n) is 5.90. The van der Waals surface area contributed by atoms with Crippen molar-refractivity contribution in [3.63, 3.8) is 0 Å². The highest BCUT2D eigenvalue weighted by Gasteiger charge is 2.24. The Bertz CT molecular complexity index is 805. The summed E-state index contributed by atoms with van der Waals surface area (Å²) in [4.78, 5) is 28.0. The van der Waals surface area contributed by atoms with Gasteiger partial charge in [0.2, 0.25) is 11.8 Å². The first-order valence-corrected chi connectivity index (χ1v) is 10.6. The van der Waals surface area contributed by atoms with Gasteiger partial charge in [-0.3, -0.25) is 9.59 Å². The van der Waals surface area contributed by atoms with Crippen LogP contribution in [0, 0.1) is 5.92 Å². The number of fused-ring (bicyclic) bond motifs is 1. The Balaban J connectivity index is 1.16. The molecule has 4 rings (SSSR count). The molecule has 0 bridgehead atoms. The second-order valence-corrected chi connectivity index (χ2v) is 8.02. The smallest absolute Gasteiger partial charge is 0.246 e. The van der Waals surface area contributed by atoms with Crippen molar-refractivity contribution in [3.8, 4) is 0 Å². The van der Waals surface area contributed by atoms with Crippen LogP contribution in [0.25, 0.3) is 11.0 Å². The van der Waals surface area contributed by atoms with E-state index in [2.05, 4.69) is 15.5 Å². The molecule has 0 spiro atoms. The molecule has 1 atom stereocenters. The van der Waals surface area contributed by atoms with Crippen molar-refractivity contribution in [1.29, 1.82) is 0 Å². The zero-order chi connectivity index (χ0) is 20.1. The average Bonchev–Trinajstić information content (AvgIpc) is 3.40. The number of ether oxygens (including phenoxy) is 1. The molecule has 0 radical (unpaired) electrons. The summed E-state index contributed by atoms with van der Waals surface area (Å²) < 4.78 is 5.53. The third kappa shape index (κ3) is 5.32. The minimum Gasteiger partial charge on any atom is -0.376 e. The molecular weight excluding hydrogens is 370 g/mol. The number of nitrogens with one attached hydrogen (secondary N) is 1. The Morgan fingerprint density at radius 2 is 1.83 bits per heavy atom. The fourth-order valence-corrected chi connectivity index (χ4v) is 4.12. The van der Waals surface area contributed by atoms with Gasteiger partial charge in [-0.25, -0.2) is 0 Å². The Morgan fingerprint density at radius 1 is 1.10 bits per heavy atom. The summed E-state index contributed by atoms with van der Waals surface area (Å²) in [5.74, 6) is 0.659. The van der Waals surface area contributed by atoms with E-state index < -0.39 is 0 Å². The Morgan fingerprint density at radius 3 is 2.48 bits per heavy atom. The minimum atomic E-state index is 0.0538. The number of piperidine rings is 1. The van der Waals surface area contributed by atoms with Crippen molar-refractivity contribution in [1.82, 2.24) is 25.2 Å². The van der Waals surface area contributed by atoms with Crippen LogP contribution in [0.2, 0.25) is 0 Å². The summed E-state index contributed by atoms with van der Waals surface area (Å²) in [7, 11) is 0. The molecule has 0 unspecified atom stereocenters. The van der Waals surface area contributed by atoms with Crippen molar-refractivity contribution >= 4 is 22.8 Å². The maximum Gasteiger partial charge on any atom is 0.246 e. The van der Waals surface area contributed by atoms with Crippen molar-refractivity contribution in [2.45, 2.75) is 51.2 Å². The second-order valence-electron chi connectivity index (χ2n) is 8.02. The minimum absolute atomic E-state index is 0.0538. The van der Waals surface area contributed by atoms with Gasteiger partial charge in [0.15, 0.2) is 0 Å². The molecule has 1 aromatic carbocycles. The van der Waals surface area contributed by atoms with Gasteiger partial charge in [-0.15, -0.1) is 0 Å². The van der Waals surface area contributed by atoms with Gasteiger partial charge >= 0.3 is 0 Å². The molecule has 0 aliphatic carbocycles. The molecule has 1 N–H and O–H groups in total. The van der Waals surface area contributed by atoms with Crippen LogP contribution in [0.1, 0.15) is 38.5 Å². The lowest BCUT2D eigenvalue weighted by Gasteiger charge is -2.31. The topological polar surface area (TPSA) is 89.4 Å². The number of carbonyl (C=O) groups is 2. The molecule has 2 aliphatic rings. The Kier molecular flexibility index (Phi) is 6.39. The van der Waals surface area contributed by atoms with E-state index in [1.807, 2.05) is 29.2 Å². The summed E-state index contributed by atoms with van der Waals surface area (Å²) in [6, 6.07) is 7.62. The van der Waals surface area contributed by atoms with E-state index in [9.17, 15) is 9.59 Å². The van der Waals surface area contributed by atoms with Crippen LogP contribution < -0.4 is 5.32 Å². The van der Waals surface area contributed by atoms with Gasteiger partial charge in [-0.1, -0.05) is 12.1 Å². The number of aromatic nitrogens is 3. The van der Waals surface area contributed by atoms with Gasteiger partial charge in [0, 0.05) is 32.7 Å². The standard InChI is InChI=1S/C21H29N5O3/c27-20(22-14-17-4-3-13-29-17)8-7-16-9-11-25(12-10-16)21(28)15-26-23-18-5-1-2-6-19(18)24-26/h1-2,5-6,16-17H,3-4,7-15H2,(H,22,27)/t17-/m1/s1. The second kappa shape index (κ2) is 9.35. The maximum atomic E-state index is 12.6. The summed E-state index contributed by atoms with van der Waals surface area (Å²) in [5, 5.41) is 11.7. The molecule has 2 fully saturated rings. The van der Waals surface area contributed by atoms with Crippen molar-refractivity contribution in [2.24, 2.45) is 5.92 Å². The van der Waals surface area contributed by atoms with Crippen LogP contribution in [0.15, 0.2) is 24.3 Å². The molecule has 2 aromatic rings. The molecule has 2 amide bonds. The molecule has 2 aliphatic heterocycles. The summed E-state index contributed by atoms with van der Waals surface area (Å²) in [6.07, 6.45) is 5.64. The van der Waals surface area contributed by atoms with Crippen LogP contribution in [0.4, 0.5) is 0 Å². The zero-order valence-electron chi connectivity index (χ0n) is 16.8. The van der Waals surface area contributed by atoms with Crippen molar-refractivity contribution in [2.75, 3.05) is 26.2 Å². The Labute approximate surface area is 170 Å². The highest BCUT2D eigenvalue weighted by atomic mass is 16.5. The lowest BCUT2D eigenvalue weighted by atomic mass is 9.92. The average molecular weight is 399 g/mol. The number of rotatable bonds is 7. The van der Waals surface area contributed by atoms with E-state index in [0.717, 1.165) is 62.8 Å².